The van der Waals surface area contributed by atoms with Crippen molar-refractivity contribution < 1.29 is 27.1 Å². The summed E-state index contributed by atoms with van der Waals surface area (Å²) in [6, 6.07) is 12.0. The number of nitrogens with zero attached hydrogens (tertiary/aromatic N) is 4. The molecular weight excluding hydrogens is 694 g/mol. The second-order valence-electron chi connectivity index (χ2n) is 13.4. The Morgan fingerprint density at radius 3 is 2.65 bits per heavy atom. The summed E-state index contributed by atoms with van der Waals surface area (Å²) >= 11 is 1.37. The maximum absolute atomic E-state index is 15.7. The molecule has 3 aliphatic rings. The van der Waals surface area contributed by atoms with Crippen LogP contribution in [0.5, 0.6) is 5.75 Å². The summed E-state index contributed by atoms with van der Waals surface area (Å²) in [4.78, 5) is 39.0. The van der Waals surface area contributed by atoms with Gasteiger partial charge in [0.25, 0.3) is 11.8 Å². The average molecular weight is 725 g/mol. The van der Waals surface area contributed by atoms with Crippen LogP contribution in [0.15, 0.2) is 57.7 Å². The van der Waals surface area contributed by atoms with Crippen LogP contribution in [0.3, 0.4) is 0 Å². The number of thiophene rings is 1. The minimum absolute atomic E-state index is 0.00149. The van der Waals surface area contributed by atoms with Gasteiger partial charge in [0.1, 0.15) is 17.8 Å². The molecule has 52 heavy (non-hydrogen) atoms. The number of carbonyl (C=O) groups excluding carboxylic acids is 1. The van der Waals surface area contributed by atoms with Crippen molar-refractivity contribution in [2.24, 2.45) is 0 Å². The second-order valence-corrected chi connectivity index (χ2v) is 14.5. The molecule has 6 heterocycles. The van der Waals surface area contributed by atoms with Gasteiger partial charge < -0.3 is 19.4 Å². The highest BCUT2D eigenvalue weighted by atomic mass is 32.1. The van der Waals surface area contributed by atoms with Gasteiger partial charge in [-0.15, -0.1) is 16.4 Å². The number of methoxy groups -OCH3 is 1. The van der Waals surface area contributed by atoms with Crippen molar-refractivity contribution in [2.45, 2.75) is 57.3 Å². The summed E-state index contributed by atoms with van der Waals surface area (Å²) in [5.74, 6) is -1.32. The molecule has 4 aromatic heterocycles. The van der Waals surface area contributed by atoms with Gasteiger partial charge in [0.05, 0.1) is 46.4 Å². The van der Waals surface area contributed by atoms with Crippen LogP contribution in [-0.4, -0.2) is 50.8 Å². The molecule has 0 saturated carbocycles. The van der Waals surface area contributed by atoms with E-state index in [1.165, 1.54) is 36.6 Å². The van der Waals surface area contributed by atoms with Crippen LogP contribution in [0.4, 0.5) is 19.0 Å². The predicted molar refractivity (Wildman–Crippen MR) is 188 cm³/mol. The fourth-order valence-corrected chi connectivity index (χ4v) is 9.17. The van der Waals surface area contributed by atoms with Crippen LogP contribution in [0.2, 0.25) is 0 Å². The van der Waals surface area contributed by atoms with Crippen LogP contribution in [0.25, 0.3) is 32.0 Å². The molecule has 0 bridgehead atoms. The number of H-pyrrole nitrogens is 1. The number of hydrogen-bond donors (Lipinski definition) is 2. The van der Waals surface area contributed by atoms with Crippen molar-refractivity contribution in [1.82, 2.24) is 25.1 Å². The Morgan fingerprint density at radius 1 is 1.06 bits per heavy atom. The van der Waals surface area contributed by atoms with E-state index in [1.54, 1.807) is 18.2 Å². The number of aromatic amines is 1. The highest BCUT2D eigenvalue weighted by Gasteiger charge is 2.45. The standard InChI is InChI=1S/C38H31F3N6O4S/c1-17-14-19-15-27(52-34(19)35(42-17)44-31-21-10-11-23(40)33(50-2)22(21)16-24(31)41)29-28(36-45-46-38(49)51-36)25(12-7-18-5-8-20(39)9-6-18)43-32-26-4-3-13-47(26)37(48)30(29)32/h5-6,8-11,14-15,24,26,31H,3-4,7,12-13,16H2,1-2H3,(H,42,44)(H,46,49)/t24-,26?,31+/m1/s1. The van der Waals surface area contributed by atoms with Crippen molar-refractivity contribution in [3.8, 4) is 27.6 Å². The maximum Gasteiger partial charge on any atom is 0.434 e. The van der Waals surface area contributed by atoms with Gasteiger partial charge in [-0.1, -0.05) is 18.2 Å². The van der Waals surface area contributed by atoms with Gasteiger partial charge in [-0.05, 0) is 79.5 Å². The van der Waals surface area contributed by atoms with E-state index in [9.17, 15) is 18.4 Å². The van der Waals surface area contributed by atoms with Crippen molar-refractivity contribution in [3.05, 3.63) is 110 Å². The lowest BCUT2D eigenvalue weighted by molar-refractivity contribution is 0.0776. The third-order valence-electron chi connectivity index (χ3n) is 10.3. The van der Waals surface area contributed by atoms with Gasteiger partial charge in [-0.3, -0.25) is 9.78 Å². The van der Waals surface area contributed by atoms with E-state index in [1.807, 2.05) is 24.0 Å². The van der Waals surface area contributed by atoms with E-state index in [0.717, 1.165) is 23.8 Å². The minimum atomic E-state index is -1.37. The third kappa shape index (κ3) is 5.18. The molecule has 1 amide bonds. The summed E-state index contributed by atoms with van der Waals surface area (Å²) in [6.07, 6.45) is 1.14. The Hall–Kier alpha value is -5.50. The Bertz CT molecular complexity index is 2480. The summed E-state index contributed by atoms with van der Waals surface area (Å²) < 4.78 is 55.5. The Morgan fingerprint density at radius 2 is 1.88 bits per heavy atom. The van der Waals surface area contributed by atoms with Gasteiger partial charge in [-0.25, -0.2) is 28.0 Å². The molecule has 2 aliphatic heterocycles. The number of aromatic nitrogens is 4. The molecule has 0 radical (unpaired) electrons. The van der Waals surface area contributed by atoms with Gasteiger partial charge in [0.2, 0.25) is 0 Å². The number of hydrogen-bond acceptors (Lipinski definition) is 9. The number of aryl methyl sites for hydroxylation is 3. The number of nitrogens with one attached hydrogen (secondary N) is 2. The van der Waals surface area contributed by atoms with Gasteiger partial charge in [-0.2, -0.15) is 0 Å². The highest BCUT2D eigenvalue weighted by Crippen LogP contribution is 2.51. The summed E-state index contributed by atoms with van der Waals surface area (Å²) in [7, 11) is 1.37. The van der Waals surface area contributed by atoms with Crippen LogP contribution in [0.1, 0.15) is 69.1 Å². The molecule has 1 saturated heterocycles. The van der Waals surface area contributed by atoms with Gasteiger partial charge in [0, 0.05) is 34.7 Å². The monoisotopic (exact) mass is 724 g/mol. The fourth-order valence-electron chi connectivity index (χ4n) is 8.02. The molecule has 9 rings (SSSR count). The lowest BCUT2D eigenvalue weighted by atomic mass is 9.93. The quantitative estimate of drug-likeness (QED) is 0.166. The molecule has 6 aromatic rings. The molecule has 10 nitrogen and oxygen atoms in total. The highest BCUT2D eigenvalue weighted by molar-refractivity contribution is 7.23. The van der Waals surface area contributed by atoms with Crippen LogP contribution >= 0.6 is 11.3 Å². The first kappa shape index (κ1) is 32.4. The minimum Gasteiger partial charge on any atom is -0.493 e. The van der Waals surface area contributed by atoms with Gasteiger partial charge >= 0.3 is 5.76 Å². The van der Waals surface area contributed by atoms with Crippen LogP contribution in [0, 0.1) is 18.6 Å². The molecule has 264 valence electrons. The molecule has 0 spiro atoms. The Kier molecular flexibility index (Phi) is 7.68. The number of ether oxygens (including phenoxy) is 1. The number of rotatable bonds is 8. The van der Waals surface area contributed by atoms with Crippen molar-refractivity contribution in [2.75, 3.05) is 19.0 Å². The fraction of sp³-hybridized carbons (Fsp3) is 0.289. The van der Waals surface area contributed by atoms with E-state index >= 15 is 4.39 Å². The van der Waals surface area contributed by atoms with Crippen molar-refractivity contribution >= 4 is 33.1 Å². The number of pyridine rings is 2. The molecule has 2 aromatic carbocycles. The number of carbonyl (C=O) groups is 1. The van der Waals surface area contributed by atoms with Crippen LogP contribution < -0.4 is 15.8 Å². The van der Waals surface area contributed by atoms with Crippen LogP contribution in [-0.2, 0) is 19.3 Å². The number of halogens is 3. The van der Waals surface area contributed by atoms with E-state index in [0.29, 0.717) is 79.7 Å². The smallest absolute Gasteiger partial charge is 0.434 e. The maximum atomic E-state index is 15.7. The summed E-state index contributed by atoms with van der Waals surface area (Å²) in [6.45, 7) is 2.44. The van der Waals surface area contributed by atoms with E-state index < -0.39 is 23.8 Å². The molecule has 14 heteroatoms. The SMILES string of the molecule is COc1c(F)ccc2c1C[C@@H](F)[C@H]2Nc1nc(C)cc2cc(-c3c4c(nc(CCc5ccc(F)cc5)c3-c3n[nH]c(=O)o3)C3CCCN3C4=O)sc12. The molecule has 1 fully saturated rings. The zero-order valence-electron chi connectivity index (χ0n) is 28.1. The third-order valence-corrected chi connectivity index (χ3v) is 11.4. The lowest BCUT2D eigenvalue weighted by Crippen LogP contribution is -2.22. The first-order valence-electron chi connectivity index (χ1n) is 17.0. The normalized spacial score (nSPS) is 19.0. The Balaban J connectivity index is 1.22. The predicted octanol–water partition coefficient (Wildman–Crippen LogP) is 7.42. The number of benzene rings is 2. The van der Waals surface area contributed by atoms with E-state index in [2.05, 4.69) is 15.5 Å². The first-order valence-corrected chi connectivity index (χ1v) is 17.9. The molecule has 1 aliphatic carbocycles. The molecule has 1 unspecified atom stereocenters. The van der Waals surface area contributed by atoms with Crippen molar-refractivity contribution in [1.29, 1.82) is 0 Å². The molecule has 3 atom stereocenters. The van der Waals surface area contributed by atoms with E-state index in [4.69, 9.17) is 19.1 Å². The number of fused-ring (bicyclic) bond motifs is 5. The zero-order valence-corrected chi connectivity index (χ0v) is 28.9. The lowest BCUT2D eigenvalue weighted by Gasteiger charge is -2.18. The topological polar surface area (TPSA) is 126 Å². The van der Waals surface area contributed by atoms with Gasteiger partial charge in [0.15, 0.2) is 11.6 Å². The average Bonchev–Trinajstić information content (AvgIpc) is 3.96. The zero-order chi connectivity index (χ0) is 35.8. The van der Waals surface area contributed by atoms with E-state index in [-0.39, 0.29) is 35.8 Å². The molecule has 2 N–H and O–H groups in total. The summed E-state index contributed by atoms with van der Waals surface area (Å²) in [5.41, 5.74) is 5.30. The number of anilines is 1. The number of amides is 1. The van der Waals surface area contributed by atoms with Crippen molar-refractivity contribution in [3.63, 3.8) is 0 Å². The largest absolute Gasteiger partial charge is 0.493 e. The Labute approximate surface area is 298 Å². The first-order chi connectivity index (χ1) is 25.2. The summed E-state index contributed by atoms with van der Waals surface area (Å²) in [5, 5.41) is 10.7. The number of alkyl halides is 1. The molecular formula is C38H31F3N6O4S. The second kappa shape index (κ2) is 12.3.